The highest BCUT2D eigenvalue weighted by atomic mass is 35.5. The lowest BCUT2D eigenvalue weighted by Crippen LogP contribution is -2.38. The number of carbonyl (C=O) groups is 3. The number of nitrogens with one attached hydrogen (secondary N) is 1. The summed E-state index contributed by atoms with van der Waals surface area (Å²) in [6.45, 7) is 2.24. The standard InChI is InChI=1S/C17H21ClN2O4/c1-13(21)19-10-12-20(11-9-17(23)24-2)16(22)8-5-14-3-6-15(18)7-4-14/h3-8H,9-12H2,1-2H3,(H,19,21)/b8-5+. The molecule has 1 aromatic carbocycles. The number of ether oxygens (including phenoxy) is 1. The highest BCUT2D eigenvalue weighted by Gasteiger charge is 2.13. The van der Waals surface area contributed by atoms with E-state index < -0.39 is 5.97 Å². The highest BCUT2D eigenvalue weighted by Crippen LogP contribution is 2.10. The predicted octanol–water partition coefficient (Wildman–Crippen LogP) is 1.88. The minimum atomic E-state index is -0.394. The van der Waals surface area contributed by atoms with E-state index in [1.54, 1.807) is 30.3 Å². The summed E-state index contributed by atoms with van der Waals surface area (Å²) in [6, 6.07) is 7.05. The van der Waals surface area contributed by atoms with Gasteiger partial charge < -0.3 is 15.0 Å². The quantitative estimate of drug-likeness (QED) is 0.572. The van der Waals surface area contributed by atoms with Crippen LogP contribution in [-0.4, -0.2) is 49.4 Å². The number of halogens is 1. The number of methoxy groups -OCH3 is 1. The molecule has 1 aromatic rings. The van der Waals surface area contributed by atoms with Gasteiger partial charge in [0, 0.05) is 37.7 Å². The van der Waals surface area contributed by atoms with Crippen molar-refractivity contribution in [2.45, 2.75) is 13.3 Å². The molecule has 1 rings (SSSR count). The molecule has 0 radical (unpaired) electrons. The van der Waals surface area contributed by atoms with Crippen LogP contribution < -0.4 is 5.32 Å². The summed E-state index contributed by atoms with van der Waals surface area (Å²) in [7, 11) is 1.30. The van der Waals surface area contributed by atoms with Crippen LogP contribution in [-0.2, 0) is 19.1 Å². The summed E-state index contributed by atoms with van der Waals surface area (Å²) in [5.41, 5.74) is 0.836. The monoisotopic (exact) mass is 352 g/mol. The van der Waals surface area contributed by atoms with E-state index in [9.17, 15) is 14.4 Å². The number of amides is 2. The molecule has 0 bridgehead atoms. The van der Waals surface area contributed by atoms with E-state index >= 15 is 0 Å². The van der Waals surface area contributed by atoms with Crippen LogP contribution in [0.4, 0.5) is 0 Å². The first-order valence-corrected chi connectivity index (χ1v) is 7.84. The molecule has 130 valence electrons. The van der Waals surface area contributed by atoms with Crippen molar-refractivity contribution >= 4 is 35.5 Å². The smallest absolute Gasteiger partial charge is 0.307 e. The Morgan fingerprint density at radius 1 is 1.21 bits per heavy atom. The average molecular weight is 353 g/mol. The van der Waals surface area contributed by atoms with Crippen molar-refractivity contribution in [1.82, 2.24) is 10.2 Å². The maximum absolute atomic E-state index is 12.3. The van der Waals surface area contributed by atoms with Crippen molar-refractivity contribution in [1.29, 1.82) is 0 Å². The summed E-state index contributed by atoms with van der Waals surface area (Å²) in [4.78, 5) is 36.0. The number of hydrogen-bond donors (Lipinski definition) is 1. The van der Waals surface area contributed by atoms with E-state index in [1.165, 1.54) is 25.0 Å². The zero-order valence-corrected chi connectivity index (χ0v) is 14.5. The molecule has 2 amide bonds. The predicted molar refractivity (Wildman–Crippen MR) is 92.4 cm³/mol. The summed E-state index contributed by atoms with van der Waals surface area (Å²) in [5.74, 6) is -0.819. The highest BCUT2D eigenvalue weighted by molar-refractivity contribution is 6.30. The lowest BCUT2D eigenvalue weighted by molar-refractivity contribution is -0.141. The van der Waals surface area contributed by atoms with Crippen molar-refractivity contribution < 1.29 is 19.1 Å². The lowest BCUT2D eigenvalue weighted by Gasteiger charge is -2.20. The first kappa shape index (κ1) is 19.7. The summed E-state index contributed by atoms with van der Waals surface area (Å²) < 4.78 is 4.59. The van der Waals surface area contributed by atoms with E-state index in [1.807, 2.05) is 0 Å². The van der Waals surface area contributed by atoms with Crippen LogP contribution in [0.15, 0.2) is 30.3 Å². The van der Waals surface area contributed by atoms with Crippen molar-refractivity contribution in [2.24, 2.45) is 0 Å². The Bertz CT molecular complexity index is 599. The summed E-state index contributed by atoms with van der Waals surface area (Å²) in [5, 5.41) is 3.24. The molecule has 0 aliphatic carbocycles. The van der Waals surface area contributed by atoms with E-state index in [2.05, 4.69) is 10.1 Å². The third-order valence-corrected chi connectivity index (χ3v) is 3.42. The Morgan fingerprint density at radius 2 is 1.88 bits per heavy atom. The summed E-state index contributed by atoms with van der Waals surface area (Å²) in [6.07, 6.45) is 3.19. The first-order valence-electron chi connectivity index (χ1n) is 7.46. The molecule has 6 nitrogen and oxygen atoms in total. The van der Waals surface area contributed by atoms with Gasteiger partial charge >= 0.3 is 5.97 Å². The zero-order valence-electron chi connectivity index (χ0n) is 13.8. The van der Waals surface area contributed by atoms with E-state index in [-0.39, 0.29) is 24.8 Å². The van der Waals surface area contributed by atoms with E-state index in [0.717, 1.165) is 5.56 Å². The third-order valence-electron chi connectivity index (χ3n) is 3.17. The molecular formula is C17H21ClN2O4. The normalized spacial score (nSPS) is 10.5. The van der Waals surface area contributed by atoms with Gasteiger partial charge in [-0.05, 0) is 23.8 Å². The molecule has 0 spiro atoms. The molecule has 7 heteroatoms. The molecule has 0 aliphatic rings. The molecule has 0 saturated carbocycles. The second-order valence-electron chi connectivity index (χ2n) is 5.02. The van der Waals surface area contributed by atoms with Crippen molar-refractivity contribution in [3.8, 4) is 0 Å². The van der Waals surface area contributed by atoms with Gasteiger partial charge in [-0.25, -0.2) is 0 Å². The molecule has 0 heterocycles. The van der Waals surface area contributed by atoms with Crippen LogP contribution in [0.3, 0.4) is 0 Å². The summed E-state index contributed by atoms with van der Waals surface area (Å²) >= 11 is 5.81. The minimum absolute atomic E-state index is 0.0943. The van der Waals surface area contributed by atoms with Gasteiger partial charge in [0.05, 0.1) is 13.5 Å². The number of rotatable bonds is 8. The van der Waals surface area contributed by atoms with Gasteiger partial charge in [-0.1, -0.05) is 23.7 Å². The van der Waals surface area contributed by atoms with Gasteiger partial charge in [-0.15, -0.1) is 0 Å². The van der Waals surface area contributed by atoms with Gasteiger partial charge in [0.2, 0.25) is 11.8 Å². The van der Waals surface area contributed by atoms with E-state index in [0.29, 0.717) is 18.1 Å². The maximum atomic E-state index is 12.3. The topological polar surface area (TPSA) is 75.7 Å². The van der Waals surface area contributed by atoms with Crippen LogP contribution >= 0.6 is 11.6 Å². The van der Waals surface area contributed by atoms with Gasteiger partial charge in [0.1, 0.15) is 0 Å². The van der Waals surface area contributed by atoms with Crippen molar-refractivity contribution in [2.75, 3.05) is 26.7 Å². The Labute approximate surface area is 146 Å². The second-order valence-corrected chi connectivity index (χ2v) is 5.46. The van der Waals surface area contributed by atoms with Gasteiger partial charge in [0.25, 0.3) is 0 Å². The second kappa shape index (κ2) is 10.4. The average Bonchev–Trinajstić information content (AvgIpc) is 2.56. The Balaban J connectivity index is 2.67. The van der Waals surface area contributed by atoms with Crippen LogP contribution in [0.2, 0.25) is 5.02 Å². The number of carbonyl (C=O) groups excluding carboxylic acids is 3. The van der Waals surface area contributed by atoms with E-state index in [4.69, 9.17) is 11.6 Å². The molecule has 0 unspecified atom stereocenters. The zero-order chi connectivity index (χ0) is 17.9. The molecule has 1 N–H and O–H groups in total. The minimum Gasteiger partial charge on any atom is -0.469 e. The molecule has 24 heavy (non-hydrogen) atoms. The SMILES string of the molecule is COC(=O)CCN(CCNC(C)=O)C(=O)/C=C/c1ccc(Cl)cc1. The number of benzene rings is 1. The largest absolute Gasteiger partial charge is 0.469 e. The molecule has 0 aliphatic heterocycles. The lowest BCUT2D eigenvalue weighted by atomic mass is 10.2. The van der Waals surface area contributed by atoms with Crippen LogP contribution in [0.25, 0.3) is 6.08 Å². The van der Waals surface area contributed by atoms with Crippen LogP contribution in [0.5, 0.6) is 0 Å². The molecular weight excluding hydrogens is 332 g/mol. The van der Waals surface area contributed by atoms with Crippen molar-refractivity contribution in [3.05, 3.63) is 40.9 Å². The molecule has 0 aromatic heterocycles. The fraction of sp³-hybridized carbons (Fsp3) is 0.353. The Hall–Kier alpha value is -2.34. The fourth-order valence-electron chi connectivity index (χ4n) is 1.87. The number of esters is 1. The van der Waals surface area contributed by atoms with Gasteiger partial charge in [-0.2, -0.15) is 0 Å². The molecule has 0 fully saturated rings. The Morgan fingerprint density at radius 3 is 2.46 bits per heavy atom. The number of nitrogens with zero attached hydrogens (tertiary/aromatic N) is 1. The Kier molecular flexibility index (Phi) is 8.57. The van der Waals surface area contributed by atoms with Gasteiger partial charge in [0.15, 0.2) is 0 Å². The number of hydrogen-bond acceptors (Lipinski definition) is 4. The van der Waals surface area contributed by atoms with Gasteiger partial charge in [-0.3, -0.25) is 14.4 Å². The van der Waals surface area contributed by atoms with Crippen molar-refractivity contribution in [3.63, 3.8) is 0 Å². The van der Waals surface area contributed by atoms with Crippen LogP contribution in [0, 0.1) is 0 Å². The third kappa shape index (κ3) is 7.78. The maximum Gasteiger partial charge on any atom is 0.307 e. The fourth-order valence-corrected chi connectivity index (χ4v) is 2.00. The first-order chi connectivity index (χ1) is 11.4. The van der Waals surface area contributed by atoms with Crippen LogP contribution in [0.1, 0.15) is 18.9 Å². The molecule has 0 saturated heterocycles. The molecule has 0 atom stereocenters.